The fourth-order valence-electron chi connectivity index (χ4n) is 1.80. The number of aromatic nitrogens is 3. The summed E-state index contributed by atoms with van der Waals surface area (Å²) in [5.41, 5.74) is 7.62. The highest BCUT2D eigenvalue weighted by Crippen LogP contribution is 2.36. The van der Waals surface area contributed by atoms with Crippen LogP contribution in [0.25, 0.3) is 10.6 Å². The van der Waals surface area contributed by atoms with Crippen LogP contribution >= 0.6 is 23.1 Å². The number of aromatic amines is 1. The van der Waals surface area contributed by atoms with Gasteiger partial charge in [0.05, 0.1) is 4.88 Å². The Morgan fingerprint density at radius 3 is 3.00 bits per heavy atom. The zero-order valence-corrected chi connectivity index (χ0v) is 10.2. The number of thiazole rings is 1. The van der Waals surface area contributed by atoms with Gasteiger partial charge in [0.1, 0.15) is 11.5 Å². The van der Waals surface area contributed by atoms with Crippen molar-refractivity contribution in [3.05, 3.63) is 15.4 Å². The molecule has 3 N–H and O–H groups in total. The predicted octanol–water partition coefficient (Wildman–Crippen LogP) is 1.30. The Bertz CT molecular complexity index is 610. The maximum Gasteiger partial charge on any atom is 0.305 e. The molecule has 0 saturated carbocycles. The molecule has 0 unspecified atom stereocenters. The molecule has 2 aromatic rings. The van der Waals surface area contributed by atoms with Crippen LogP contribution in [0.4, 0.5) is 5.82 Å². The van der Waals surface area contributed by atoms with Gasteiger partial charge in [0.25, 0.3) is 0 Å². The highest BCUT2D eigenvalue weighted by Gasteiger charge is 2.22. The van der Waals surface area contributed by atoms with Gasteiger partial charge in [-0.05, 0) is 6.92 Å². The highest BCUT2D eigenvalue weighted by atomic mass is 32.2. The van der Waals surface area contributed by atoms with Gasteiger partial charge in [0.15, 0.2) is 5.16 Å². The Morgan fingerprint density at radius 1 is 1.56 bits per heavy atom. The van der Waals surface area contributed by atoms with Crippen LogP contribution in [0.3, 0.4) is 0 Å². The summed E-state index contributed by atoms with van der Waals surface area (Å²) in [5, 5.41) is 0.952. The number of anilines is 1. The minimum Gasteiger partial charge on any atom is -0.383 e. The SMILES string of the molecule is Cc1[nH]c(=O)sc1-c1nc2n(c1N)CCS2. The molecule has 0 bridgehead atoms. The van der Waals surface area contributed by atoms with Crippen molar-refractivity contribution in [2.75, 3.05) is 11.5 Å². The molecule has 3 rings (SSSR count). The summed E-state index contributed by atoms with van der Waals surface area (Å²) >= 11 is 2.86. The summed E-state index contributed by atoms with van der Waals surface area (Å²) in [5.74, 6) is 1.69. The molecule has 84 valence electrons. The third-order valence-corrected chi connectivity index (χ3v) is 4.51. The fraction of sp³-hybridized carbons (Fsp3) is 0.333. The summed E-state index contributed by atoms with van der Waals surface area (Å²) in [6.07, 6.45) is 0. The van der Waals surface area contributed by atoms with E-state index in [1.165, 1.54) is 0 Å². The monoisotopic (exact) mass is 254 g/mol. The van der Waals surface area contributed by atoms with Crippen molar-refractivity contribution in [2.24, 2.45) is 0 Å². The number of nitrogens with two attached hydrogens (primary N) is 1. The summed E-state index contributed by atoms with van der Waals surface area (Å²) < 4.78 is 2.00. The van der Waals surface area contributed by atoms with E-state index >= 15 is 0 Å². The molecule has 2 aromatic heterocycles. The predicted molar refractivity (Wildman–Crippen MR) is 66.0 cm³/mol. The Kier molecular flexibility index (Phi) is 2.11. The smallest absolute Gasteiger partial charge is 0.305 e. The van der Waals surface area contributed by atoms with E-state index in [1.807, 2.05) is 11.5 Å². The molecule has 0 aliphatic carbocycles. The van der Waals surface area contributed by atoms with E-state index in [1.54, 1.807) is 11.8 Å². The van der Waals surface area contributed by atoms with Gasteiger partial charge in [-0.2, -0.15) is 0 Å². The lowest BCUT2D eigenvalue weighted by Gasteiger charge is -1.99. The van der Waals surface area contributed by atoms with Gasteiger partial charge in [-0.25, -0.2) is 4.98 Å². The van der Waals surface area contributed by atoms with E-state index in [0.29, 0.717) is 5.82 Å². The molecular weight excluding hydrogens is 244 g/mol. The molecular formula is C9H10N4OS2. The van der Waals surface area contributed by atoms with Gasteiger partial charge >= 0.3 is 4.87 Å². The first-order valence-electron chi connectivity index (χ1n) is 4.85. The minimum atomic E-state index is -0.0623. The van der Waals surface area contributed by atoms with Crippen LogP contribution in [0.1, 0.15) is 5.69 Å². The molecule has 5 nitrogen and oxygen atoms in total. The van der Waals surface area contributed by atoms with Crippen LogP contribution in [-0.4, -0.2) is 20.3 Å². The Morgan fingerprint density at radius 2 is 2.38 bits per heavy atom. The summed E-state index contributed by atoms with van der Waals surface area (Å²) in [4.78, 5) is 19.3. The van der Waals surface area contributed by atoms with Crippen LogP contribution in [0.15, 0.2) is 9.95 Å². The number of nitrogens with one attached hydrogen (secondary N) is 1. The topological polar surface area (TPSA) is 76.7 Å². The number of hydrogen-bond donors (Lipinski definition) is 2. The average Bonchev–Trinajstić information content (AvgIpc) is 2.85. The van der Waals surface area contributed by atoms with Crippen molar-refractivity contribution < 1.29 is 0 Å². The fourth-order valence-corrected chi connectivity index (χ4v) is 3.59. The van der Waals surface area contributed by atoms with Gasteiger partial charge in [0.2, 0.25) is 0 Å². The van der Waals surface area contributed by atoms with Crippen molar-refractivity contribution in [3.8, 4) is 10.6 Å². The first-order chi connectivity index (χ1) is 7.66. The Balaban J connectivity index is 2.21. The average molecular weight is 254 g/mol. The molecule has 0 saturated heterocycles. The van der Waals surface area contributed by atoms with E-state index < -0.39 is 0 Å². The standard InChI is InChI=1S/C9H10N4OS2/c1-4-6(16-9(14)11-4)5-7(10)13-2-3-15-8(13)12-5/h2-3,10H2,1H3,(H,11,14). The number of nitrogens with zero attached hydrogens (tertiary/aromatic N) is 2. The maximum absolute atomic E-state index is 11.3. The molecule has 1 aliphatic heterocycles. The quantitative estimate of drug-likeness (QED) is 0.804. The van der Waals surface area contributed by atoms with E-state index in [2.05, 4.69) is 9.97 Å². The number of aryl methyl sites for hydroxylation is 1. The van der Waals surface area contributed by atoms with Crippen molar-refractivity contribution >= 4 is 28.9 Å². The number of nitrogen functional groups attached to an aromatic ring is 1. The molecule has 0 atom stereocenters. The Labute approximate surface area is 99.7 Å². The van der Waals surface area contributed by atoms with E-state index in [4.69, 9.17) is 5.73 Å². The normalized spacial score (nSPS) is 14.3. The molecule has 16 heavy (non-hydrogen) atoms. The van der Waals surface area contributed by atoms with Gasteiger partial charge in [-0.1, -0.05) is 23.1 Å². The molecule has 0 fully saturated rings. The van der Waals surface area contributed by atoms with E-state index in [9.17, 15) is 4.79 Å². The summed E-state index contributed by atoms with van der Waals surface area (Å²) in [6.45, 7) is 2.77. The van der Waals surface area contributed by atoms with Gasteiger partial charge in [-0.15, -0.1) is 0 Å². The second-order valence-corrected chi connectivity index (χ2v) is 5.64. The third kappa shape index (κ3) is 1.31. The molecule has 0 spiro atoms. The first kappa shape index (κ1) is 9.98. The van der Waals surface area contributed by atoms with Gasteiger partial charge < -0.3 is 15.3 Å². The van der Waals surface area contributed by atoms with Crippen molar-refractivity contribution in [2.45, 2.75) is 18.6 Å². The van der Waals surface area contributed by atoms with Crippen LogP contribution in [0, 0.1) is 6.92 Å². The number of H-pyrrole nitrogens is 1. The molecule has 7 heteroatoms. The van der Waals surface area contributed by atoms with E-state index in [0.717, 1.165) is 45.1 Å². The maximum atomic E-state index is 11.3. The molecule has 3 heterocycles. The van der Waals surface area contributed by atoms with Crippen molar-refractivity contribution in [1.29, 1.82) is 0 Å². The first-order valence-corrected chi connectivity index (χ1v) is 6.66. The lowest BCUT2D eigenvalue weighted by atomic mass is 10.3. The van der Waals surface area contributed by atoms with Crippen LogP contribution < -0.4 is 10.6 Å². The number of imidazole rings is 1. The molecule has 0 amide bonds. The zero-order chi connectivity index (χ0) is 11.3. The lowest BCUT2D eigenvalue weighted by molar-refractivity contribution is 0.729. The largest absolute Gasteiger partial charge is 0.383 e. The van der Waals surface area contributed by atoms with Crippen LogP contribution in [-0.2, 0) is 6.54 Å². The molecule has 0 aromatic carbocycles. The van der Waals surface area contributed by atoms with Gasteiger partial charge in [-0.3, -0.25) is 4.79 Å². The molecule has 1 aliphatic rings. The van der Waals surface area contributed by atoms with E-state index in [-0.39, 0.29) is 4.87 Å². The van der Waals surface area contributed by atoms with Gasteiger partial charge in [0, 0.05) is 18.0 Å². The minimum absolute atomic E-state index is 0.0623. The molecule has 0 radical (unpaired) electrons. The zero-order valence-electron chi connectivity index (χ0n) is 8.61. The van der Waals surface area contributed by atoms with Crippen molar-refractivity contribution in [3.63, 3.8) is 0 Å². The number of thioether (sulfide) groups is 1. The summed E-state index contributed by atoms with van der Waals surface area (Å²) in [6, 6.07) is 0. The lowest BCUT2D eigenvalue weighted by Crippen LogP contribution is -2.00. The third-order valence-electron chi connectivity index (χ3n) is 2.56. The summed E-state index contributed by atoms with van der Waals surface area (Å²) in [7, 11) is 0. The van der Waals surface area contributed by atoms with Crippen molar-refractivity contribution in [1.82, 2.24) is 14.5 Å². The second-order valence-electron chi connectivity index (χ2n) is 3.60. The number of fused-ring (bicyclic) bond motifs is 1. The second kappa shape index (κ2) is 3.39. The Hall–Kier alpha value is -1.21. The number of hydrogen-bond acceptors (Lipinski definition) is 5. The van der Waals surface area contributed by atoms with Crippen LogP contribution in [0.2, 0.25) is 0 Å². The number of rotatable bonds is 1. The highest BCUT2D eigenvalue weighted by molar-refractivity contribution is 7.99. The van der Waals surface area contributed by atoms with Crippen LogP contribution in [0.5, 0.6) is 0 Å².